The lowest BCUT2D eigenvalue weighted by atomic mass is 10.1. The molecule has 1 atom stereocenters. The topological polar surface area (TPSA) is 69.2 Å². The molecule has 7 heteroatoms. The minimum absolute atomic E-state index is 0.169. The predicted molar refractivity (Wildman–Crippen MR) is 103 cm³/mol. The van der Waals surface area contributed by atoms with Crippen LogP contribution in [0.25, 0.3) is 0 Å². The first-order chi connectivity index (χ1) is 12.3. The van der Waals surface area contributed by atoms with E-state index < -0.39 is 12.1 Å². The number of Topliss-reactive ketones (excluding diaryl/α,β-unsaturated/α-hetero) is 1. The van der Waals surface area contributed by atoms with E-state index in [1.165, 1.54) is 11.8 Å². The summed E-state index contributed by atoms with van der Waals surface area (Å²) in [6, 6.07) is 6.50. The number of carbonyl (C=O) groups excluding carboxylic acids is 2. The van der Waals surface area contributed by atoms with E-state index in [0.717, 1.165) is 17.0 Å². The zero-order chi connectivity index (χ0) is 19.3. The van der Waals surface area contributed by atoms with Gasteiger partial charge >= 0.3 is 5.97 Å². The van der Waals surface area contributed by atoms with Gasteiger partial charge in [-0.3, -0.25) is 9.59 Å². The third-order valence-electron chi connectivity index (χ3n) is 3.97. The molecule has 26 heavy (non-hydrogen) atoms. The summed E-state index contributed by atoms with van der Waals surface area (Å²) in [4.78, 5) is 33.2. The van der Waals surface area contributed by atoms with Crippen LogP contribution >= 0.6 is 23.4 Å². The summed E-state index contributed by atoms with van der Waals surface area (Å²) < 4.78 is 5.28. The molecule has 0 radical (unpaired) electrons. The monoisotopic (exact) mass is 392 g/mol. The van der Waals surface area contributed by atoms with Gasteiger partial charge in [0, 0.05) is 28.4 Å². The van der Waals surface area contributed by atoms with Crippen molar-refractivity contribution >= 4 is 35.1 Å². The molecule has 0 aliphatic rings. The number of esters is 1. The van der Waals surface area contributed by atoms with Gasteiger partial charge in [0.2, 0.25) is 5.78 Å². The van der Waals surface area contributed by atoms with Gasteiger partial charge in [-0.15, -0.1) is 0 Å². The first-order valence-corrected chi connectivity index (χ1v) is 9.79. The molecule has 0 unspecified atom stereocenters. The fourth-order valence-corrected chi connectivity index (χ4v) is 3.13. The van der Waals surface area contributed by atoms with Crippen molar-refractivity contribution in [1.29, 1.82) is 0 Å². The molecule has 1 aromatic carbocycles. The minimum atomic E-state index is -0.846. The second-order valence-electron chi connectivity index (χ2n) is 5.86. The molecule has 2 rings (SSSR count). The molecule has 5 nitrogen and oxygen atoms in total. The molecular formula is C19H21ClN2O3S. The Balaban J connectivity index is 1.94. The number of benzene rings is 1. The van der Waals surface area contributed by atoms with Crippen LogP contribution < -0.4 is 0 Å². The number of hydrogen-bond donors (Lipinski definition) is 0. The maximum atomic E-state index is 12.3. The molecule has 0 N–H and O–H groups in total. The maximum absolute atomic E-state index is 12.3. The number of aromatic nitrogens is 2. The van der Waals surface area contributed by atoms with Crippen molar-refractivity contribution in [1.82, 2.24) is 9.97 Å². The molecule has 0 spiro atoms. The van der Waals surface area contributed by atoms with E-state index in [0.29, 0.717) is 22.2 Å². The van der Waals surface area contributed by atoms with Crippen molar-refractivity contribution in [3.05, 3.63) is 51.8 Å². The largest absolute Gasteiger partial charge is 0.454 e. The quantitative estimate of drug-likeness (QED) is 0.304. The maximum Gasteiger partial charge on any atom is 0.306 e. The Morgan fingerprint density at radius 2 is 1.73 bits per heavy atom. The minimum Gasteiger partial charge on any atom is -0.454 e. The predicted octanol–water partition coefficient (Wildman–Crippen LogP) is 4.22. The lowest BCUT2D eigenvalue weighted by Gasteiger charge is -2.13. The average molecular weight is 393 g/mol. The summed E-state index contributed by atoms with van der Waals surface area (Å²) in [6.07, 6.45) is 1.72. The van der Waals surface area contributed by atoms with Crippen LogP contribution in [0.5, 0.6) is 0 Å². The third kappa shape index (κ3) is 5.29. The smallest absolute Gasteiger partial charge is 0.306 e. The van der Waals surface area contributed by atoms with Crippen LogP contribution in [-0.2, 0) is 16.0 Å². The van der Waals surface area contributed by atoms with Crippen molar-refractivity contribution in [2.24, 2.45) is 0 Å². The summed E-state index contributed by atoms with van der Waals surface area (Å²) in [6.45, 7) is 5.38. The Morgan fingerprint density at radius 1 is 1.15 bits per heavy atom. The highest BCUT2D eigenvalue weighted by atomic mass is 35.5. The fraction of sp³-hybridized carbons (Fsp3) is 0.368. The Kier molecular flexibility index (Phi) is 7.17. The van der Waals surface area contributed by atoms with E-state index in [4.69, 9.17) is 16.3 Å². The van der Waals surface area contributed by atoms with Crippen molar-refractivity contribution in [2.45, 2.75) is 44.9 Å². The molecule has 1 heterocycles. The van der Waals surface area contributed by atoms with Gasteiger partial charge in [0.1, 0.15) is 0 Å². The zero-order valence-corrected chi connectivity index (χ0v) is 16.8. The number of ether oxygens (including phenoxy) is 1. The molecule has 0 bridgehead atoms. The third-order valence-corrected chi connectivity index (χ3v) is 4.77. The number of aryl methyl sites for hydroxylation is 2. The Bertz CT molecular complexity index is 786. The van der Waals surface area contributed by atoms with Gasteiger partial charge in [-0.2, -0.15) is 0 Å². The van der Waals surface area contributed by atoms with Gasteiger partial charge in [-0.1, -0.05) is 23.4 Å². The standard InChI is InChI=1S/C19H21ClN2O3S/c1-11-16(12(2)22-19(21-11)26-4)9-10-17(23)25-13(3)18(24)14-5-7-15(20)8-6-14/h5-8,13H,9-10H2,1-4H3/t13-/m1/s1. The van der Waals surface area contributed by atoms with E-state index in [1.54, 1.807) is 31.2 Å². The summed E-state index contributed by atoms with van der Waals surface area (Å²) in [5.74, 6) is -0.678. The van der Waals surface area contributed by atoms with Gasteiger partial charge < -0.3 is 4.74 Å². The van der Waals surface area contributed by atoms with Crippen LogP contribution in [0.1, 0.15) is 40.7 Å². The van der Waals surface area contributed by atoms with E-state index >= 15 is 0 Å². The molecule has 0 saturated heterocycles. The molecule has 138 valence electrons. The lowest BCUT2D eigenvalue weighted by molar-refractivity contribution is -0.146. The van der Waals surface area contributed by atoms with Gasteiger partial charge in [0.25, 0.3) is 0 Å². The molecule has 0 fully saturated rings. The van der Waals surface area contributed by atoms with E-state index in [9.17, 15) is 9.59 Å². The highest BCUT2D eigenvalue weighted by molar-refractivity contribution is 7.98. The number of thioether (sulfide) groups is 1. The summed E-state index contributed by atoms with van der Waals surface area (Å²) in [5, 5.41) is 1.26. The van der Waals surface area contributed by atoms with Crippen LogP contribution in [0.3, 0.4) is 0 Å². The van der Waals surface area contributed by atoms with E-state index in [1.807, 2.05) is 20.1 Å². The van der Waals surface area contributed by atoms with E-state index in [2.05, 4.69) is 9.97 Å². The van der Waals surface area contributed by atoms with Crippen LogP contribution in [0.4, 0.5) is 0 Å². The van der Waals surface area contributed by atoms with Crippen molar-refractivity contribution in [3.63, 3.8) is 0 Å². The second kappa shape index (κ2) is 9.14. The first kappa shape index (κ1) is 20.4. The Morgan fingerprint density at radius 3 is 2.27 bits per heavy atom. The number of ketones is 1. The second-order valence-corrected chi connectivity index (χ2v) is 7.07. The highest BCUT2D eigenvalue weighted by Gasteiger charge is 2.20. The summed E-state index contributed by atoms with van der Waals surface area (Å²) in [7, 11) is 0. The Labute approximate surface area is 162 Å². The van der Waals surface area contributed by atoms with Crippen LogP contribution in [0.15, 0.2) is 29.4 Å². The van der Waals surface area contributed by atoms with E-state index in [-0.39, 0.29) is 12.2 Å². The molecule has 1 aromatic heterocycles. The van der Waals surface area contributed by atoms with Gasteiger partial charge in [0.05, 0.1) is 0 Å². The number of hydrogen-bond acceptors (Lipinski definition) is 6. The molecule has 0 saturated carbocycles. The van der Waals surface area contributed by atoms with Crippen LogP contribution in [0.2, 0.25) is 5.02 Å². The average Bonchev–Trinajstić information content (AvgIpc) is 2.60. The molecule has 2 aromatic rings. The van der Waals surface area contributed by atoms with Crippen molar-refractivity contribution in [2.75, 3.05) is 6.26 Å². The number of halogens is 1. The first-order valence-electron chi connectivity index (χ1n) is 8.19. The summed E-state index contributed by atoms with van der Waals surface area (Å²) >= 11 is 7.30. The van der Waals surface area contributed by atoms with Gasteiger partial charge in [-0.05, 0) is 63.3 Å². The van der Waals surface area contributed by atoms with Crippen LogP contribution in [-0.4, -0.2) is 34.1 Å². The van der Waals surface area contributed by atoms with Crippen molar-refractivity contribution < 1.29 is 14.3 Å². The highest BCUT2D eigenvalue weighted by Crippen LogP contribution is 2.18. The normalized spacial score (nSPS) is 11.9. The number of carbonyl (C=O) groups is 2. The molecule has 0 aliphatic heterocycles. The van der Waals surface area contributed by atoms with Crippen LogP contribution in [0, 0.1) is 13.8 Å². The Hall–Kier alpha value is -1.92. The lowest BCUT2D eigenvalue weighted by Crippen LogP contribution is -2.24. The van der Waals surface area contributed by atoms with Gasteiger partial charge in [0.15, 0.2) is 11.3 Å². The molecule has 0 amide bonds. The fourth-order valence-electron chi connectivity index (χ4n) is 2.55. The zero-order valence-electron chi connectivity index (χ0n) is 15.2. The molecular weight excluding hydrogens is 372 g/mol. The number of rotatable bonds is 7. The SMILES string of the molecule is CSc1nc(C)c(CCC(=O)O[C@H](C)C(=O)c2ccc(Cl)cc2)c(C)n1. The van der Waals surface area contributed by atoms with Crippen molar-refractivity contribution in [3.8, 4) is 0 Å². The number of nitrogens with zero attached hydrogens (tertiary/aromatic N) is 2. The molecule has 0 aliphatic carbocycles. The van der Waals surface area contributed by atoms with Gasteiger partial charge in [-0.25, -0.2) is 9.97 Å². The summed E-state index contributed by atoms with van der Waals surface area (Å²) in [5.41, 5.74) is 3.12.